The molecule has 0 fully saturated rings. The molecule has 1 aromatic carbocycles. The van der Waals surface area contributed by atoms with Gasteiger partial charge >= 0.3 is 5.97 Å². The number of hydrogen-bond acceptors (Lipinski definition) is 2. The van der Waals surface area contributed by atoms with Crippen molar-refractivity contribution in [3.63, 3.8) is 0 Å². The van der Waals surface area contributed by atoms with Crippen molar-refractivity contribution in [3.8, 4) is 0 Å². The minimum absolute atomic E-state index is 0.146. The Kier molecular flexibility index (Phi) is 3.05. The summed E-state index contributed by atoms with van der Waals surface area (Å²) >= 11 is 0. The fourth-order valence-corrected chi connectivity index (χ4v) is 3.04. The average Bonchev–Trinajstić information content (AvgIpc) is 2.92. The molecule has 0 spiro atoms. The highest BCUT2D eigenvalue weighted by atomic mass is 16.5. The molecular weight excluding hydrogens is 238 g/mol. The van der Waals surface area contributed by atoms with E-state index in [1.165, 1.54) is 29.4 Å². The van der Waals surface area contributed by atoms with Crippen molar-refractivity contribution < 1.29 is 9.53 Å². The Bertz CT molecular complexity index is 640. The highest BCUT2D eigenvalue weighted by molar-refractivity contribution is 5.90. The van der Waals surface area contributed by atoms with Crippen LogP contribution in [-0.2, 0) is 28.8 Å². The predicted molar refractivity (Wildman–Crippen MR) is 75.4 cm³/mol. The lowest BCUT2D eigenvalue weighted by atomic mass is 10.0. The number of hydrogen-bond donors (Lipinski definition) is 1. The number of H-pyrrole nitrogens is 1. The van der Waals surface area contributed by atoms with Gasteiger partial charge in [-0.3, -0.25) is 4.79 Å². The maximum Gasteiger partial charge on any atom is 0.310 e. The van der Waals surface area contributed by atoms with Crippen LogP contribution in [0, 0.1) is 6.92 Å². The van der Waals surface area contributed by atoms with Crippen molar-refractivity contribution in [1.82, 2.24) is 4.98 Å². The van der Waals surface area contributed by atoms with Crippen LogP contribution in [0.4, 0.5) is 0 Å². The third-order valence-corrected chi connectivity index (χ3v) is 3.96. The molecule has 1 aliphatic rings. The van der Waals surface area contributed by atoms with Crippen molar-refractivity contribution in [2.24, 2.45) is 0 Å². The van der Waals surface area contributed by atoms with Crippen LogP contribution in [0.2, 0.25) is 0 Å². The summed E-state index contributed by atoms with van der Waals surface area (Å²) in [5.41, 5.74) is 6.21. The van der Waals surface area contributed by atoms with E-state index < -0.39 is 0 Å². The molecule has 2 aromatic rings. The summed E-state index contributed by atoms with van der Waals surface area (Å²) in [5, 5.41) is 1.19. The Morgan fingerprint density at radius 3 is 2.79 bits per heavy atom. The number of ether oxygens (including phenoxy) is 1. The topological polar surface area (TPSA) is 42.1 Å². The van der Waals surface area contributed by atoms with Gasteiger partial charge in [0.05, 0.1) is 13.0 Å². The van der Waals surface area contributed by atoms with Crippen LogP contribution in [0.1, 0.15) is 35.7 Å². The SMILES string of the molecule is CCOC(=O)Cc1c(C)[nH]c2cc3c(cc12)CCC3. The van der Waals surface area contributed by atoms with Crippen molar-refractivity contribution in [2.45, 2.75) is 39.5 Å². The molecule has 0 amide bonds. The molecule has 0 atom stereocenters. The number of aromatic amines is 1. The van der Waals surface area contributed by atoms with E-state index in [0.29, 0.717) is 13.0 Å². The summed E-state index contributed by atoms with van der Waals surface area (Å²) in [4.78, 5) is 15.1. The average molecular weight is 257 g/mol. The largest absolute Gasteiger partial charge is 0.466 e. The highest BCUT2D eigenvalue weighted by Gasteiger charge is 2.17. The molecule has 0 radical (unpaired) electrons. The standard InChI is InChI=1S/C16H19NO2/c1-3-19-16(18)9-13-10(2)17-15-8-12-6-4-5-11(12)7-14(13)15/h7-8,17H,3-6,9H2,1-2H3. The molecule has 0 saturated carbocycles. The van der Waals surface area contributed by atoms with Crippen molar-refractivity contribution in [2.75, 3.05) is 6.61 Å². The van der Waals surface area contributed by atoms with Crippen LogP contribution in [0.5, 0.6) is 0 Å². The van der Waals surface area contributed by atoms with E-state index >= 15 is 0 Å². The molecule has 0 bridgehead atoms. The van der Waals surface area contributed by atoms with Crippen molar-refractivity contribution in [1.29, 1.82) is 0 Å². The zero-order valence-electron chi connectivity index (χ0n) is 11.5. The molecule has 0 aliphatic heterocycles. The Hall–Kier alpha value is -1.77. The number of benzene rings is 1. The van der Waals surface area contributed by atoms with Gasteiger partial charge in [0.25, 0.3) is 0 Å². The number of rotatable bonds is 3. The number of nitrogens with one attached hydrogen (secondary N) is 1. The molecule has 1 aliphatic carbocycles. The van der Waals surface area contributed by atoms with Gasteiger partial charge < -0.3 is 9.72 Å². The van der Waals surface area contributed by atoms with E-state index in [2.05, 4.69) is 17.1 Å². The number of carbonyl (C=O) groups is 1. The first-order valence-electron chi connectivity index (χ1n) is 6.97. The molecule has 1 aromatic heterocycles. The smallest absolute Gasteiger partial charge is 0.310 e. The number of esters is 1. The first-order valence-corrected chi connectivity index (χ1v) is 6.97. The lowest BCUT2D eigenvalue weighted by Gasteiger charge is -2.04. The Balaban J connectivity index is 2.03. The van der Waals surface area contributed by atoms with E-state index in [1.807, 2.05) is 13.8 Å². The molecule has 0 unspecified atom stereocenters. The number of aromatic nitrogens is 1. The first kappa shape index (κ1) is 12.3. The van der Waals surface area contributed by atoms with Crippen LogP contribution in [0.3, 0.4) is 0 Å². The van der Waals surface area contributed by atoms with Gasteiger partial charge in [0.15, 0.2) is 0 Å². The van der Waals surface area contributed by atoms with E-state index in [1.54, 1.807) is 0 Å². The highest BCUT2D eigenvalue weighted by Crippen LogP contribution is 2.30. The number of carbonyl (C=O) groups excluding carboxylic acids is 1. The molecule has 0 saturated heterocycles. The summed E-state index contributed by atoms with van der Waals surface area (Å²) in [6.45, 7) is 4.31. The summed E-state index contributed by atoms with van der Waals surface area (Å²) in [6.07, 6.45) is 3.94. The van der Waals surface area contributed by atoms with Gasteiger partial charge in [0, 0.05) is 16.6 Å². The maximum atomic E-state index is 11.7. The van der Waals surface area contributed by atoms with E-state index in [9.17, 15) is 4.79 Å². The molecule has 3 heteroatoms. The van der Waals surface area contributed by atoms with Crippen LogP contribution < -0.4 is 0 Å². The van der Waals surface area contributed by atoms with Crippen molar-refractivity contribution in [3.05, 3.63) is 34.5 Å². The minimum Gasteiger partial charge on any atom is -0.466 e. The molecule has 3 rings (SSSR count). The fourth-order valence-electron chi connectivity index (χ4n) is 3.04. The number of fused-ring (bicyclic) bond motifs is 2. The quantitative estimate of drug-likeness (QED) is 0.859. The summed E-state index contributed by atoms with van der Waals surface area (Å²) in [6, 6.07) is 4.51. The van der Waals surface area contributed by atoms with Crippen molar-refractivity contribution >= 4 is 16.9 Å². The normalized spacial score (nSPS) is 13.8. The van der Waals surface area contributed by atoms with E-state index in [0.717, 1.165) is 23.2 Å². The fraction of sp³-hybridized carbons (Fsp3) is 0.438. The Morgan fingerprint density at radius 1 is 1.32 bits per heavy atom. The summed E-state index contributed by atoms with van der Waals surface area (Å²) in [5.74, 6) is -0.146. The van der Waals surface area contributed by atoms with Crippen LogP contribution in [0.25, 0.3) is 10.9 Å². The number of aryl methyl sites for hydroxylation is 3. The zero-order valence-corrected chi connectivity index (χ0v) is 11.5. The van der Waals surface area contributed by atoms with Gasteiger partial charge in [0.1, 0.15) is 0 Å². The van der Waals surface area contributed by atoms with Gasteiger partial charge in [-0.1, -0.05) is 0 Å². The monoisotopic (exact) mass is 257 g/mol. The molecule has 1 N–H and O–H groups in total. The van der Waals surface area contributed by atoms with Gasteiger partial charge in [-0.25, -0.2) is 0 Å². The third-order valence-electron chi connectivity index (χ3n) is 3.96. The molecule has 100 valence electrons. The Morgan fingerprint density at radius 2 is 2.05 bits per heavy atom. The van der Waals surface area contributed by atoms with Gasteiger partial charge in [-0.15, -0.1) is 0 Å². The van der Waals surface area contributed by atoms with Gasteiger partial charge in [-0.2, -0.15) is 0 Å². The second-order valence-corrected chi connectivity index (χ2v) is 5.23. The van der Waals surface area contributed by atoms with E-state index in [4.69, 9.17) is 4.74 Å². The summed E-state index contributed by atoms with van der Waals surface area (Å²) < 4.78 is 5.06. The lowest BCUT2D eigenvalue weighted by molar-refractivity contribution is -0.142. The predicted octanol–water partition coefficient (Wildman–Crippen LogP) is 3.07. The first-order chi connectivity index (χ1) is 9.19. The summed E-state index contributed by atoms with van der Waals surface area (Å²) in [7, 11) is 0. The minimum atomic E-state index is -0.146. The van der Waals surface area contributed by atoms with Gasteiger partial charge in [0.2, 0.25) is 0 Å². The molecule has 3 nitrogen and oxygen atoms in total. The second kappa shape index (κ2) is 4.72. The van der Waals surface area contributed by atoms with Crippen LogP contribution >= 0.6 is 0 Å². The van der Waals surface area contributed by atoms with E-state index in [-0.39, 0.29) is 5.97 Å². The van der Waals surface area contributed by atoms with Crippen LogP contribution in [0.15, 0.2) is 12.1 Å². The zero-order chi connectivity index (χ0) is 13.4. The third kappa shape index (κ3) is 2.14. The van der Waals surface area contributed by atoms with Crippen LogP contribution in [-0.4, -0.2) is 17.6 Å². The molecule has 1 heterocycles. The maximum absolute atomic E-state index is 11.7. The second-order valence-electron chi connectivity index (χ2n) is 5.23. The lowest BCUT2D eigenvalue weighted by Crippen LogP contribution is -2.08. The molecule has 19 heavy (non-hydrogen) atoms. The van der Waals surface area contributed by atoms with Gasteiger partial charge in [-0.05, 0) is 61.9 Å². The Labute approximate surface area is 113 Å². The molecular formula is C16H19NO2.